The van der Waals surface area contributed by atoms with E-state index < -0.39 is 0 Å². The highest BCUT2D eigenvalue weighted by Crippen LogP contribution is 2.08. The van der Waals surface area contributed by atoms with E-state index in [1.54, 1.807) is 30.5 Å². The summed E-state index contributed by atoms with van der Waals surface area (Å²) in [6.07, 6.45) is 1.80. The van der Waals surface area contributed by atoms with E-state index in [2.05, 4.69) is 5.32 Å². The summed E-state index contributed by atoms with van der Waals surface area (Å²) in [5.41, 5.74) is 1.35. The molecule has 60 valence electrons. The lowest BCUT2D eigenvalue weighted by Crippen LogP contribution is -1.92. The van der Waals surface area contributed by atoms with Gasteiger partial charge in [-0.1, -0.05) is 0 Å². The molecule has 0 unspecified atom stereocenters. The molecule has 0 radical (unpaired) electrons. The summed E-state index contributed by atoms with van der Waals surface area (Å²) in [5.74, 6) is 0.0264. The summed E-state index contributed by atoms with van der Waals surface area (Å²) in [5, 5.41) is 10.7. The Morgan fingerprint density at radius 3 is 2.42 bits per heavy atom. The van der Waals surface area contributed by atoms with E-state index in [-0.39, 0.29) is 5.78 Å². The number of hydrogen-bond donors (Lipinski definition) is 1. The van der Waals surface area contributed by atoms with Gasteiger partial charge in [0, 0.05) is 11.3 Å². The lowest BCUT2D eigenvalue weighted by molar-refractivity contribution is 0.101. The van der Waals surface area contributed by atoms with Crippen LogP contribution in [0.15, 0.2) is 24.3 Å². The standard InChI is InChI=1S/C9H8N2O/c1-7(12)8-2-4-9(5-3-8)11-6-10/h2-5,11H,1H3. The first kappa shape index (κ1) is 8.28. The van der Waals surface area contributed by atoms with Crippen molar-refractivity contribution in [1.29, 1.82) is 5.26 Å². The first-order valence-corrected chi connectivity index (χ1v) is 3.50. The third kappa shape index (κ3) is 1.83. The van der Waals surface area contributed by atoms with Crippen LogP contribution in [0.1, 0.15) is 17.3 Å². The largest absolute Gasteiger partial charge is 0.295 e. The van der Waals surface area contributed by atoms with Gasteiger partial charge >= 0.3 is 0 Å². The molecule has 0 aromatic heterocycles. The Balaban J connectivity index is 2.87. The quantitative estimate of drug-likeness (QED) is 0.407. The van der Waals surface area contributed by atoms with Gasteiger partial charge in [-0.25, -0.2) is 0 Å². The Kier molecular flexibility index (Phi) is 2.44. The van der Waals surface area contributed by atoms with Crippen LogP contribution in [0, 0.1) is 11.5 Å². The number of carbonyl (C=O) groups is 1. The zero-order chi connectivity index (χ0) is 8.97. The Hall–Kier alpha value is -1.82. The average molecular weight is 160 g/mol. The van der Waals surface area contributed by atoms with Crippen LogP contribution in [-0.2, 0) is 0 Å². The molecule has 0 heterocycles. The average Bonchev–Trinajstić information content (AvgIpc) is 2.06. The van der Waals surface area contributed by atoms with E-state index in [1.807, 2.05) is 0 Å². The van der Waals surface area contributed by atoms with Crippen molar-refractivity contribution < 1.29 is 4.79 Å². The van der Waals surface area contributed by atoms with Crippen LogP contribution in [0.3, 0.4) is 0 Å². The van der Waals surface area contributed by atoms with Crippen molar-refractivity contribution in [3.63, 3.8) is 0 Å². The molecule has 3 nitrogen and oxygen atoms in total. The number of nitriles is 1. The highest BCUT2D eigenvalue weighted by Gasteiger charge is 1.97. The zero-order valence-electron chi connectivity index (χ0n) is 6.66. The lowest BCUT2D eigenvalue weighted by Gasteiger charge is -1.97. The van der Waals surface area contributed by atoms with Gasteiger partial charge in [0.05, 0.1) is 0 Å². The second-order valence-electron chi connectivity index (χ2n) is 2.37. The maximum Gasteiger partial charge on any atom is 0.181 e. The van der Waals surface area contributed by atoms with Crippen LogP contribution in [0.5, 0.6) is 0 Å². The predicted octanol–water partition coefficient (Wildman–Crippen LogP) is 1.78. The van der Waals surface area contributed by atoms with Crippen LogP contribution in [0.25, 0.3) is 0 Å². The molecule has 3 heteroatoms. The summed E-state index contributed by atoms with van der Waals surface area (Å²) >= 11 is 0. The molecule has 0 aliphatic heterocycles. The number of rotatable bonds is 2. The smallest absolute Gasteiger partial charge is 0.181 e. The Morgan fingerprint density at radius 1 is 1.42 bits per heavy atom. The van der Waals surface area contributed by atoms with E-state index in [0.29, 0.717) is 11.3 Å². The minimum atomic E-state index is 0.0264. The summed E-state index contributed by atoms with van der Waals surface area (Å²) in [6.45, 7) is 1.51. The van der Waals surface area contributed by atoms with Crippen LogP contribution >= 0.6 is 0 Å². The van der Waals surface area contributed by atoms with Crippen LogP contribution in [0.2, 0.25) is 0 Å². The van der Waals surface area contributed by atoms with Crippen LogP contribution < -0.4 is 5.32 Å². The summed E-state index contributed by atoms with van der Waals surface area (Å²) in [6, 6.07) is 6.75. The highest BCUT2D eigenvalue weighted by molar-refractivity contribution is 5.94. The number of hydrogen-bond acceptors (Lipinski definition) is 3. The molecule has 0 spiro atoms. The monoisotopic (exact) mass is 160 g/mol. The van der Waals surface area contributed by atoms with Crippen LogP contribution in [-0.4, -0.2) is 5.78 Å². The minimum absolute atomic E-state index is 0.0264. The van der Waals surface area contributed by atoms with Gasteiger partial charge in [0.15, 0.2) is 12.0 Å². The maximum atomic E-state index is 10.8. The third-order valence-corrected chi connectivity index (χ3v) is 1.49. The van der Waals surface area contributed by atoms with Gasteiger partial charge in [-0.3, -0.25) is 10.1 Å². The van der Waals surface area contributed by atoms with Crippen molar-refractivity contribution in [3.05, 3.63) is 29.8 Å². The van der Waals surface area contributed by atoms with Gasteiger partial charge in [0.1, 0.15) is 0 Å². The summed E-state index contributed by atoms with van der Waals surface area (Å²) in [4.78, 5) is 10.8. The SMILES string of the molecule is CC(=O)c1ccc(NC#N)cc1. The van der Waals surface area contributed by atoms with Crippen molar-refractivity contribution in [2.75, 3.05) is 5.32 Å². The van der Waals surface area contributed by atoms with Crippen molar-refractivity contribution in [2.45, 2.75) is 6.92 Å². The second kappa shape index (κ2) is 3.54. The number of carbonyl (C=O) groups excluding carboxylic acids is 1. The third-order valence-electron chi connectivity index (χ3n) is 1.49. The van der Waals surface area contributed by atoms with Gasteiger partial charge in [0.2, 0.25) is 0 Å². The lowest BCUT2D eigenvalue weighted by atomic mass is 10.1. The van der Waals surface area contributed by atoms with Gasteiger partial charge in [0.25, 0.3) is 0 Å². The first-order valence-electron chi connectivity index (χ1n) is 3.50. The van der Waals surface area contributed by atoms with E-state index >= 15 is 0 Å². The Morgan fingerprint density at radius 2 is 2.00 bits per heavy atom. The molecule has 0 fully saturated rings. The van der Waals surface area contributed by atoms with Crippen LogP contribution in [0.4, 0.5) is 5.69 Å². The summed E-state index contributed by atoms with van der Waals surface area (Å²) < 4.78 is 0. The van der Waals surface area contributed by atoms with Gasteiger partial charge in [-0.15, -0.1) is 0 Å². The molecule has 12 heavy (non-hydrogen) atoms. The van der Waals surface area contributed by atoms with E-state index in [0.717, 1.165) is 0 Å². The molecular weight excluding hydrogens is 152 g/mol. The topological polar surface area (TPSA) is 52.9 Å². The molecule has 1 N–H and O–H groups in total. The number of nitrogens with zero attached hydrogens (tertiary/aromatic N) is 1. The molecule has 0 saturated heterocycles. The highest BCUT2D eigenvalue weighted by atomic mass is 16.1. The molecule has 1 aromatic carbocycles. The normalized spacial score (nSPS) is 8.67. The predicted molar refractivity (Wildman–Crippen MR) is 45.7 cm³/mol. The molecule has 0 saturated carbocycles. The number of benzene rings is 1. The maximum absolute atomic E-state index is 10.8. The molecule has 0 amide bonds. The fourth-order valence-corrected chi connectivity index (χ4v) is 0.853. The van der Waals surface area contributed by atoms with Gasteiger partial charge < -0.3 is 0 Å². The first-order chi connectivity index (χ1) is 5.74. The molecule has 0 atom stereocenters. The van der Waals surface area contributed by atoms with E-state index in [9.17, 15) is 4.79 Å². The summed E-state index contributed by atoms with van der Waals surface area (Å²) in [7, 11) is 0. The van der Waals surface area contributed by atoms with Gasteiger partial charge in [-0.2, -0.15) is 5.26 Å². The fraction of sp³-hybridized carbons (Fsp3) is 0.111. The van der Waals surface area contributed by atoms with Gasteiger partial charge in [-0.05, 0) is 31.2 Å². The molecule has 1 rings (SSSR count). The number of ketones is 1. The van der Waals surface area contributed by atoms with Crippen molar-refractivity contribution >= 4 is 11.5 Å². The molecule has 0 aliphatic rings. The van der Waals surface area contributed by atoms with Crippen molar-refractivity contribution in [2.24, 2.45) is 0 Å². The van der Waals surface area contributed by atoms with Crippen molar-refractivity contribution in [3.8, 4) is 6.19 Å². The number of nitrogens with one attached hydrogen (secondary N) is 1. The van der Waals surface area contributed by atoms with Crippen molar-refractivity contribution in [1.82, 2.24) is 0 Å². The number of Topliss-reactive ketones (excluding diaryl/α,β-unsaturated/α-hetero) is 1. The molecule has 1 aromatic rings. The molecular formula is C9H8N2O. The zero-order valence-corrected chi connectivity index (χ0v) is 6.66. The number of anilines is 1. The fourth-order valence-electron chi connectivity index (χ4n) is 0.853. The second-order valence-corrected chi connectivity index (χ2v) is 2.37. The Labute approximate surface area is 70.6 Å². The van der Waals surface area contributed by atoms with E-state index in [4.69, 9.17) is 5.26 Å². The molecule has 0 bridgehead atoms. The Bertz CT molecular complexity index is 321. The minimum Gasteiger partial charge on any atom is -0.295 e. The molecule has 0 aliphatic carbocycles. The van der Waals surface area contributed by atoms with E-state index in [1.165, 1.54) is 6.92 Å².